The maximum atomic E-state index is 14.4. The van der Waals surface area contributed by atoms with E-state index in [1.54, 1.807) is 19.7 Å². The van der Waals surface area contributed by atoms with Crippen LogP contribution in [-0.2, 0) is 10.2 Å². The molecule has 14 heteroatoms. The Morgan fingerprint density at radius 2 is 1.57 bits per heavy atom. The van der Waals surface area contributed by atoms with E-state index in [2.05, 4.69) is 25.1 Å². The highest BCUT2D eigenvalue weighted by Gasteiger charge is 2.47. The van der Waals surface area contributed by atoms with Gasteiger partial charge >= 0.3 is 0 Å². The van der Waals surface area contributed by atoms with E-state index in [9.17, 15) is 17.6 Å². The van der Waals surface area contributed by atoms with Gasteiger partial charge in [-0.25, -0.2) is 14.4 Å². The van der Waals surface area contributed by atoms with Crippen LogP contribution in [0.4, 0.5) is 10.2 Å². The van der Waals surface area contributed by atoms with Crippen LogP contribution in [-0.4, -0.2) is 127 Å². The third-order valence-electron chi connectivity index (χ3n) is 12.2. The van der Waals surface area contributed by atoms with Gasteiger partial charge in [0.05, 0.1) is 11.8 Å². The number of nitrogens with zero attached hydrogens (tertiary/aromatic N) is 7. The lowest BCUT2D eigenvalue weighted by Gasteiger charge is -2.54. The van der Waals surface area contributed by atoms with Crippen LogP contribution in [0.1, 0.15) is 76.6 Å². The number of piperidine rings is 3. The summed E-state index contributed by atoms with van der Waals surface area (Å²) in [5.74, 6) is 1.14. The zero-order chi connectivity index (χ0) is 36.0. The van der Waals surface area contributed by atoms with Gasteiger partial charge in [-0.15, -0.1) is 0 Å². The zero-order valence-corrected chi connectivity index (χ0v) is 31.5. The minimum Gasteiger partial charge on any atom is -0.451 e. The lowest BCUT2D eigenvalue weighted by Crippen LogP contribution is -2.61. The van der Waals surface area contributed by atoms with Crippen LogP contribution in [0.15, 0.2) is 30.7 Å². The van der Waals surface area contributed by atoms with Crippen LogP contribution in [0.25, 0.3) is 0 Å². The summed E-state index contributed by atoms with van der Waals surface area (Å²) in [7, 11) is -3.38. The first kappa shape index (κ1) is 36.4. The molecule has 1 aromatic carbocycles. The second kappa shape index (κ2) is 14.5. The van der Waals surface area contributed by atoms with Gasteiger partial charge in [0.1, 0.15) is 17.9 Å². The van der Waals surface area contributed by atoms with Crippen molar-refractivity contribution in [3.63, 3.8) is 0 Å². The van der Waals surface area contributed by atoms with E-state index in [1.165, 1.54) is 24.5 Å². The summed E-state index contributed by atoms with van der Waals surface area (Å²) in [5, 5.41) is 3.36. The van der Waals surface area contributed by atoms with E-state index in [0.29, 0.717) is 49.1 Å². The van der Waals surface area contributed by atoms with Crippen molar-refractivity contribution in [3.8, 4) is 11.5 Å². The molecule has 1 amide bonds. The summed E-state index contributed by atoms with van der Waals surface area (Å²) in [6.45, 7) is 17.2. The highest BCUT2D eigenvalue weighted by molar-refractivity contribution is 7.86. The fourth-order valence-electron chi connectivity index (χ4n) is 9.01. The van der Waals surface area contributed by atoms with Crippen molar-refractivity contribution in [2.45, 2.75) is 78.3 Å². The molecule has 0 bridgehead atoms. The number of aromatic nitrogens is 2. The molecule has 0 aliphatic carbocycles. The maximum absolute atomic E-state index is 14.4. The summed E-state index contributed by atoms with van der Waals surface area (Å²) < 4.78 is 51.0. The van der Waals surface area contributed by atoms with Gasteiger partial charge in [-0.1, -0.05) is 0 Å². The summed E-state index contributed by atoms with van der Waals surface area (Å²) in [5.41, 5.74) is 0.720. The molecule has 2 aromatic rings. The number of rotatable bonds is 10. The lowest BCUT2D eigenvalue weighted by molar-refractivity contribution is 0.0599. The molecule has 0 atom stereocenters. The average molecular weight is 727 g/mol. The van der Waals surface area contributed by atoms with E-state index in [0.717, 1.165) is 84.3 Å². The number of benzene rings is 1. The van der Waals surface area contributed by atoms with Crippen molar-refractivity contribution in [3.05, 3.63) is 42.1 Å². The van der Waals surface area contributed by atoms with Crippen LogP contribution in [0.2, 0.25) is 0 Å². The van der Waals surface area contributed by atoms with E-state index in [4.69, 9.17) is 4.74 Å². The molecule has 7 rings (SSSR count). The van der Waals surface area contributed by atoms with Gasteiger partial charge < -0.3 is 24.8 Å². The Kier molecular flexibility index (Phi) is 10.4. The van der Waals surface area contributed by atoms with E-state index in [-0.39, 0.29) is 34.7 Å². The van der Waals surface area contributed by atoms with Crippen molar-refractivity contribution in [1.82, 2.24) is 33.7 Å². The quantitative estimate of drug-likeness (QED) is 0.385. The van der Waals surface area contributed by atoms with Crippen LogP contribution >= 0.6 is 0 Å². The Bertz CT molecular complexity index is 1650. The Balaban J connectivity index is 0.901. The standard InChI is InChI=1S/C37H55FN8O4S/c1-27(2)46(28(3)4)35(47)31-19-30(38)5-6-32(31)50-33-20-39-26-41-34(33)43-24-37(25-43)9-15-42(16-10-37)21-29-7-13-44(14-8-29)51(48,49)45-17-11-36(12-18-45)22-40-23-36/h5-6,19-20,26-29,40H,7-18,21-25H2,1-4H3. The van der Waals surface area contributed by atoms with E-state index >= 15 is 0 Å². The topological polar surface area (TPSA) is 114 Å². The molecule has 6 heterocycles. The molecule has 2 spiro atoms. The number of amides is 1. The summed E-state index contributed by atoms with van der Waals surface area (Å²) in [6, 6.07) is 3.93. The molecule has 12 nitrogen and oxygen atoms in total. The molecule has 5 fully saturated rings. The number of hydrogen-bond acceptors (Lipinski definition) is 9. The first-order valence-electron chi connectivity index (χ1n) is 18.9. The van der Waals surface area contributed by atoms with Crippen molar-refractivity contribution in [2.24, 2.45) is 16.7 Å². The smallest absolute Gasteiger partial charge is 0.281 e. The summed E-state index contributed by atoms with van der Waals surface area (Å²) in [6.07, 6.45) is 9.09. The molecule has 0 unspecified atom stereocenters. The van der Waals surface area contributed by atoms with Crippen LogP contribution < -0.4 is 15.0 Å². The van der Waals surface area contributed by atoms with Gasteiger partial charge in [0, 0.05) is 76.4 Å². The lowest BCUT2D eigenvalue weighted by atomic mass is 9.72. The van der Waals surface area contributed by atoms with Gasteiger partial charge in [-0.2, -0.15) is 17.0 Å². The number of carbonyl (C=O) groups excluding carboxylic acids is 1. The zero-order valence-electron chi connectivity index (χ0n) is 30.7. The minimum atomic E-state index is -3.38. The fraction of sp³-hybridized carbons (Fsp3) is 0.703. The Morgan fingerprint density at radius 1 is 0.941 bits per heavy atom. The van der Waals surface area contributed by atoms with Crippen LogP contribution in [0, 0.1) is 22.6 Å². The predicted molar refractivity (Wildman–Crippen MR) is 195 cm³/mol. The highest BCUT2D eigenvalue weighted by Crippen LogP contribution is 2.45. The first-order chi connectivity index (χ1) is 24.4. The molecule has 51 heavy (non-hydrogen) atoms. The highest BCUT2D eigenvalue weighted by atomic mass is 32.2. The third-order valence-corrected chi connectivity index (χ3v) is 14.2. The van der Waals surface area contributed by atoms with Crippen LogP contribution in [0.3, 0.4) is 0 Å². The first-order valence-corrected chi connectivity index (χ1v) is 20.3. The molecule has 1 aromatic heterocycles. The van der Waals surface area contributed by atoms with Crippen molar-refractivity contribution in [1.29, 1.82) is 0 Å². The fourth-order valence-corrected chi connectivity index (χ4v) is 10.7. The number of carbonyl (C=O) groups is 1. The number of likely N-dealkylation sites (tertiary alicyclic amines) is 1. The normalized spacial score (nSPS) is 23.1. The minimum absolute atomic E-state index is 0.0628. The molecule has 5 saturated heterocycles. The Hall–Kier alpha value is -2.91. The van der Waals surface area contributed by atoms with Gasteiger partial charge in [0.25, 0.3) is 16.1 Å². The Labute approximate surface area is 302 Å². The molecule has 1 N–H and O–H groups in total. The number of nitrogens with one attached hydrogen (secondary N) is 1. The SMILES string of the molecule is CC(C)N(C(=O)c1cc(F)ccc1Oc1cncnc1N1CC2(CCN(CC3CCN(S(=O)(=O)N4CCC5(CC4)CNC5)CC3)CC2)C1)C(C)C. The summed E-state index contributed by atoms with van der Waals surface area (Å²) in [4.78, 5) is 28.9. The van der Waals surface area contributed by atoms with E-state index in [1.807, 2.05) is 27.7 Å². The van der Waals surface area contributed by atoms with Gasteiger partial charge in [0.15, 0.2) is 11.6 Å². The third kappa shape index (κ3) is 7.49. The molecule has 280 valence electrons. The molecular weight excluding hydrogens is 672 g/mol. The van der Waals surface area contributed by atoms with Gasteiger partial charge in [-0.3, -0.25) is 4.79 Å². The molecular formula is C37H55FN8O4S. The monoisotopic (exact) mass is 726 g/mol. The van der Waals surface area contributed by atoms with Crippen LogP contribution in [0.5, 0.6) is 11.5 Å². The molecule has 5 aliphatic heterocycles. The maximum Gasteiger partial charge on any atom is 0.281 e. The second-order valence-electron chi connectivity index (χ2n) is 16.4. The van der Waals surface area contributed by atoms with Crippen molar-refractivity contribution >= 4 is 21.9 Å². The number of halogens is 1. The number of ether oxygens (including phenoxy) is 1. The van der Waals surface area contributed by atoms with Gasteiger partial charge in [-0.05, 0) is 109 Å². The molecule has 0 saturated carbocycles. The summed E-state index contributed by atoms with van der Waals surface area (Å²) >= 11 is 0. The largest absolute Gasteiger partial charge is 0.451 e. The molecule has 0 radical (unpaired) electrons. The second-order valence-corrected chi connectivity index (χ2v) is 18.3. The Morgan fingerprint density at radius 3 is 2.18 bits per heavy atom. The van der Waals surface area contributed by atoms with Crippen molar-refractivity contribution in [2.75, 3.05) is 76.9 Å². The molecule has 5 aliphatic rings. The number of anilines is 1. The van der Waals surface area contributed by atoms with Gasteiger partial charge in [0.2, 0.25) is 0 Å². The van der Waals surface area contributed by atoms with Crippen molar-refractivity contribution < 1.29 is 22.3 Å². The van der Waals surface area contributed by atoms with E-state index < -0.39 is 16.0 Å². The number of hydrogen-bond donors (Lipinski definition) is 1. The average Bonchev–Trinajstić information content (AvgIpc) is 3.08. The predicted octanol–water partition coefficient (Wildman–Crippen LogP) is 4.21.